The zero-order valence-corrected chi connectivity index (χ0v) is 14.5. The minimum atomic E-state index is -0.150. The molecule has 2 N–H and O–H groups in total. The molecule has 0 radical (unpaired) electrons. The molecule has 1 heterocycles. The van der Waals surface area contributed by atoms with Crippen LogP contribution in [0.5, 0.6) is 0 Å². The molecule has 25 heavy (non-hydrogen) atoms. The number of thioether (sulfide) groups is 1. The van der Waals surface area contributed by atoms with Crippen LogP contribution in [-0.4, -0.2) is 15.9 Å². The lowest BCUT2D eigenvalue weighted by Crippen LogP contribution is -2.11. The average molecular weight is 351 g/mol. The number of para-hydroxylation sites is 1. The van der Waals surface area contributed by atoms with E-state index in [4.69, 9.17) is 0 Å². The normalized spacial score (nSPS) is 10.4. The maximum absolute atomic E-state index is 12.2. The van der Waals surface area contributed by atoms with E-state index in [1.54, 1.807) is 19.1 Å². The lowest BCUT2D eigenvalue weighted by molar-refractivity contribution is 0.102. The fourth-order valence-corrected chi connectivity index (χ4v) is 3.13. The minimum Gasteiger partial charge on any atom is -0.322 e. The summed E-state index contributed by atoms with van der Waals surface area (Å²) < 4.78 is 0. The maximum atomic E-state index is 12.2. The Morgan fingerprint density at radius 3 is 2.52 bits per heavy atom. The van der Waals surface area contributed by atoms with Gasteiger partial charge in [0.1, 0.15) is 0 Å². The van der Waals surface area contributed by atoms with E-state index in [1.807, 2.05) is 42.5 Å². The van der Waals surface area contributed by atoms with E-state index in [9.17, 15) is 9.59 Å². The summed E-state index contributed by atoms with van der Waals surface area (Å²) in [5.41, 5.74) is 2.95. The number of nitrogens with one attached hydrogen (secondary N) is 2. The Kier molecular flexibility index (Phi) is 5.30. The predicted octanol–water partition coefficient (Wildman–Crippen LogP) is 3.62. The zero-order valence-electron chi connectivity index (χ0n) is 13.7. The quantitative estimate of drug-likeness (QED) is 0.544. The molecule has 0 bridgehead atoms. The summed E-state index contributed by atoms with van der Waals surface area (Å²) in [6, 6.07) is 18.2. The van der Waals surface area contributed by atoms with Gasteiger partial charge in [-0.1, -0.05) is 42.1 Å². The summed E-state index contributed by atoms with van der Waals surface area (Å²) in [5, 5.41) is 3.45. The maximum Gasteiger partial charge on any atom is 0.255 e. The number of amides is 1. The highest BCUT2D eigenvalue weighted by Gasteiger charge is 2.06. The Balaban J connectivity index is 1.62. The van der Waals surface area contributed by atoms with Crippen molar-refractivity contribution in [1.29, 1.82) is 0 Å². The number of H-pyrrole nitrogens is 1. The first-order valence-corrected chi connectivity index (χ1v) is 8.75. The molecule has 3 aromatic rings. The number of anilines is 1. The Hall–Kier alpha value is -2.86. The Morgan fingerprint density at radius 2 is 1.84 bits per heavy atom. The summed E-state index contributed by atoms with van der Waals surface area (Å²) in [6.07, 6.45) is 0. The molecular weight excluding hydrogens is 334 g/mol. The number of aromatic amines is 1. The molecule has 6 heteroatoms. The van der Waals surface area contributed by atoms with Crippen molar-refractivity contribution < 1.29 is 4.79 Å². The van der Waals surface area contributed by atoms with Gasteiger partial charge in [0.05, 0.1) is 0 Å². The molecular formula is C19H17N3O2S. The number of rotatable bonds is 5. The molecule has 0 aliphatic carbocycles. The third-order valence-corrected chi connectivity index (χ3v) is 4.42. The number of aryl methyl sites for hydroxylation is 1. The van der Waals surface area contributed by atoms with Gasteiger partial charge in [0.25, 0.3) is 11.5 Å². The number of carbonyl (C=O) groups excluding carboxylic acids is 1. The van der Waals surface area contributed by atoms with Crippen LogP contribution in [0.25, 0.3) is 0 Å². The van der Waals surface area contributed by atoms with Gasteiger partial charge in [-0.3, -0.25) is 9.59 Å². The summed E-state index contributed by atoms with van der Waals surface area (Å²) in [4.78, 5) is 30.6. The molecule has 0 spiro atoms. The Bertz CT molecular complexity index is 921. The average Bonchev–Trinajstić information content (AvgIpc) is 2.60. The number of hydrogen-bond acceptors (Lipinski definition) is 4. The number of hydrogen-bond donors (Lipinski definition) is 2. The number of benzene rings is 2. The van der Waals surface area contributed by atoms with Crippen LogP contribution in [-0.2, 0) is 5.75 Å². The van der Waals surface area contributed by atoms with Crippen molar-refractivity contribution >= 4 is 23.4 Å². The van der Waals surface area contributed by atoms with Crippen LogP contribution in [0.1, 0.15) is 21.6 Å². The molecule has 0 aliphatic rings. The van der Waals surface area contributed by atoms with E-state index < -0.39 is 0 Å². The van der Waals surface area contributed by atoms with E-state index in [0.717, 1.165) is 11.3 Å². The van der Waals surface area contributed by atoms with E-state index in [1.165, 1.54) is 17.8 Å². The van der Waals surface area contributed by atoms with Crippen LogP contribution >= 0.6 is 11.8 Å². The van der Waals surface area contributed by atoms with Crippen LogP contribution < -0.4 is 10.9 Å². The third kappa shape index (κ3) is 4.81. The molecule has 126 valence electrons. The fourth-order valence-electron chi connectivity index (χ4n) is 2.25. The van der Waals surface area contributed by atoms with Crippen LogP contribution in [0.2, 0.25) is 0 Å². The summed E-state index contributed by atoms with van der Waals surface area (Å²) in [6.45, 7) is 1.79. The van der Waals surface area contributed by atoms with Crippen molar-refractivity contribution in [2.75, 3.05) is 5.32 Å². The smallest absolute Gasteiger partial charge is 0.255 e. The van der Waals surface area contributed by atoms with E-state index in [2.05, 4.69) is 15.3 Å². The van der Waals surface area contributed by atoms with Gasteiger partial charge in [-0.2, -0.15) is 0 Å². The SMILES string of the molecule is Cc1cc(=O)[nH]c(SCc2ccc(C(=O)Nc3ccccc3)cc2)n1. The highest BCUT2D eigenvalue weighted by atomic mass is 32.2. The predicted molar refractivity (Wildman–Crippen MR) is 100.0 cm³/mol. The van der Waals surface area contributed by atoms with Gasteiger partial charge in [0.2, 0.25) is 0 Å². The molecule has 0 unspecified atom stereocenters. The lowest BCUT2D eigenvalue weighted by Gasteiger charge is -2.06. The molecule has 0 atom stereocenters. The topological polar surface area (TPSA) is 74.8 Å². The van der Waals surface area contributed by atoms with Crippen LogP contribution in [0, 0.1) is 6.92 Å². The van der Waals surface area contributed by atoms with Crippen molar-refractivity contribution in [1.82, 2.24) is 9.97 Å². The van der Waals surface area contributed by atoms with E-state index in [0.29, 0.717) is 22.2 Å². The molecule has 1 aromatic heterocycles. The first kappa shape index (κ1) is 17.0. The molecule has 5 nitrogen and oxygen atoms in total. The summed E-state index contributed by atoms with van der Waals surface area (Å²) in [7, 11) is 0. The molecule has 0 saturated carbocycles. The number of carbonyl (C=O) groups is 1. The van der Waals surface area contributed by atoms with Crippen LogP contribution in [0.15, 0.2) is 70.6 Å². The van der Waals surface area contributed by atoms with E-state index in [-0.39, 0.29) is 11.5 Å². The van der Waals surface area contributed by atoms with Crippen molar-refractivity contribution in [3.8, 4) is 0 Å². The van der Waals surface area contributed by atoms with Crippen LogP contribution in [0.4, 0.5) is 5.69 Å². The summed E-state index contributed by atoms with van der Waals surface area (Å²) in [5.74, 6) is 0.516. The second-order valence-electron chi connectivity index (χ2n) is 5.50. The van der Waals surface area contributed by atoms with E-state index >= 15 is 0 Å². The largest absolute Gasteiger partial charge is 0.322 e. The van der Waals surface area contributed by atoms with Gasteiger partial charge in [-0.05, 0) is 36.8 Å². The van der Waals surface area contributed by atoms with Crippen molar-refractivity contribution in [3.05, 3.63) is 87.8 Å². The monoisotopic (exact) mass is 351 g/mol. The van der Waals surface area contributed by atoms with Gasteiger partial charge < -0.3 is 10.3 Å². The molecule has 3 rings (SSSR count). The first-order valence-electron chi connectivity index (χ1n) is 7.76. The van der Waals surface area contributed by atoms with Gasteiger partial charge >= 0.3 is 0 Å². The molecule has 0 aliphatic heterocycles. The van der Waals surface area contributed by atoms with Gasteiger partial charge in [-0.25, -0.2) is 4.98 Å². The van der Waals surface area contributed by atoms with Crippen LogP contribution in [0.3, 0.4) is 0 Å². The highest BCUT2D eigenvalue weighted by molar-refractivity contribution is 7.98. The first-order chi connectivity index (χ1) is 12.1. The standard InChI is InChI=1S/C19H17N3O2S/c1-13-11-17(23)22-19(20-13)25-12-14-7-9-15(10-8-14)18(24)21-16-5-3-2-4-6-16/h2-11H,12H2,1H3,(H,21,24)(H,20,22,23). The summed E-state index contributed by atoms with van der Waals surface area (Å²) >= 11 is 1.45. The Labute approximate surface area is 149 Å². The fraction of sp³-hybridized carbons (Fsp3) is 0.105. The molecule has 2 aromatic carbocycles. The third-order valence-electron chi connectivity index (χ3n) is 3.47. The Morgan fingerprint density at radius 1 is 1.12 bits per heavy atom. The molecule has 0 fully saturated rings. The van der Waals surface area contributed by atoms with Gasteiger partial charge in [0.15, 0.2) is 5.16 Å². The van der Waals surface area contributed by atoms with Gasteiger partial charge in [-0.15, -0.1) is 0 Å². The highest BCUT2D eigenvalue weighted by Crippen LogP contribution is 2.19. The van der Waals surface area contributed by atoms with Crippen molar-refractivity contribution in [2.24, 2.45) is 0 Å². The lowest BCUT2D eigenvalue weighted by atomic mass is 10.1. The second kappa shape index (κ2) is 7.81. The number of aromatic nitrogens is 2. The van der Waals surface area contributed by atoms with Crippen molar-refractivity contribution in [3.63, 3.8) is 0 Å². The zero-order chi connectivity index (χ0) is 17.6. The molecule has 0 saturated heterocycles. The molecule has 1 amide bonds. The minimum absolute atomic E-state index is 0.143. The van der Waals surface area contributed by atoms with Gasteiger partial charge in [0, 0.05) is 28.8 Å². The van der Waals surface area contributed by atoms with Crippen molar-refractivity contribution in [2.45, 2.75) is 17.8 Å². The number of nitrogens with zero attached hydrogens (tertiary/aromatic N) is 1. The second-order valence-corrected chi connectivity index (χ2v) is 6.46.